The molecule has 27 heavy (non-hydrogen) atoms. The van der Waals surface area contributed by atoms with Gasteiger partial charge in [-0.3, -0.25) is 0 Å². The first-order valence-corrected chi connectivity index (χ1v) is 10.0. The number of fused-ring (bicyclic) bond motifs is 1. The van der Waals surface area contributed by atoms with Crippen molar-refractivity contribution in [2.45, 2.75) is 25.3 Å². The van der Waals surface area contributed by atoms with Gasteiger partial charge >= 0.3 is 5.97 Å². The topological polar surface area (TPSA) is 48.4 Å². The lowest BCUT2D eigenvalue weighted by atomic mass is 10.1. The van der Waals surface area contributed by atoms with Crippen molar-refractivity contribution in [2.24, 2.45) is 0 Å². The number of benzene rings is 2. The summed E-state index contributed by atoms with van der Waals surface area (Å²) in [6, 6.07) is 13.7. The SMILES string of the molecule is CSc1ccc2cc(COC(=O)COc3cc(C)cc(C)c3)c(Cl)nc2c1. The number of hydrogen-bond donors (Lipinski definition) is 0. The second-order valence-corrected chi connectivity index (χ2v) is 7.51. The van der Waals surface area contributed by atoms with Crippen LogP contribution in [-0.2, 0) is 16.1 Å². The molecule has 140 valence electrons. The number of thioether (sulfide) groups is 1. The number of rotatable bonds is 6. The average molecular weight is 402 g/mol. The van der Waals surface area contributed by atoms with Crippen LogP contribution < -0.4 is 4.74 Å². The Morgan fingerprint density at radius 1 is 1.11 bits per heavy atom. The molecule has 0 unspecified atom stereocenters. The zero-order chi connectivity index (χ0) is 19.4. The van der Waals surface area contributed by atoms with Gasteiger partial charge in [-0.1, -0.05) is 23.7 Å². The predicted molar refractivity (Wildman–Crippen MR) is 110 cm³/mol. The van der Waals surface area contributed by atoms with Crippen molar-refractivity contribution < 1.29 is 14.3 Å². The summed E-state index contributed by atoms with van der Waals surface area (Å²) in [6.07, 6.45) is 2.01. The third-order valence-corrected chi connectivity index (χ3v) is 5.04. The highest BCUT2D eigenvalue weighted by atomic mass is 35.5. The van der Waals surface area contributed by atoms with Gasteiger partial charge in [0.15, 0.2) is 6.61 Å². The van der Waals surface area contributed by atoms with Crippen molar-refractivity contribution in [1.82, 2.24) is 4.98 Å². The van der Waals surface area contributed by atoms with Gasteiger partial charge in [0.2, 0.25) is 0 Å². The Morgan fingerprint density at radius 3 is 2.56 bits per heavy atom. The maximum absolute atomic E-state index is 12.0. The highest BCUT2D eigenvalue weighted by Gasteiger charge is 2.10. The van der Waals surface area contributed by atoms with Gasteiger partial charge in [-0.25, -0.2) is 9.78 Å². The molecule has 0 spiro atoms. The Balaban J connectivity index is 1.62. The summed E-state index contributed by atoms with van der Waals surface area (Å²) in [6.45, 7) is 3.86. The summed E-state index contributed by atoms with van der Waals surface area (Å²) in [4.78, 5) is 17.5. The summed E-state index contributed by atoms with van der Waals surface area (Å²) in [5.74, 6) is 0.197. The number of carbonyl (C=O) groups excluding carboxylic acids is 1. The molecule has 3 rings (SSSR count). The number of ether oxygens (including phenoxy) is 2. The van der Waals surface area contributed by atoms with Crippen LogP contribution in [0.3, 0.4) is 0 Å². The third kappa shape index (κ3) is 5.15. The smallest absolute Gasteiger partial charge is 0.344 e. The van der Waals surface area contributed by atoms with Crippen LogP contribution >= 0.6 is 23.4 Å². The molecule has 6 heteroatoms. The molecule has 0 saturated carbocycles. The second-order valence-electron chi connectivity index (χ2n) is 6.27. The zero-order valence-electron chi connectivity index (χ0n) is 15.4. The maximum atomic E-state index is 12.0. The molecule has 0 radical (unpaired) electrons. The van der Waals surface area contributed by atoms with Gasteiger partial charge in [-0.15, -0.1) is 11.8 Å². The van der Waals surface area contributed by atoms with Crippen LogP contribution in [0.25, 0.3) is 10.9 Å². The van der Waals surface area contributed by atoms with Gasteiger partial charge in [-0.2, -0.15) is 0 Å². The van der Waals surface area contributed by atoms with Crippen LogP contribution in [0.1, 0.15) is 16.7 Å². The number of halogens is 1. The van der Waals surface area contributed by atoms with E-state index in [0.29, 0.717) is 16.5 Å². The Bertz CT molecular complexity index is 970. The Morgan fingerprint density at radius 2 is 1.85 bits per heavy atom. The molecule has 0 amide bonds. The van der Waals surface area contributed by atoms with E-state index in [1.54, 1.807) is 11.8 Å². The van der Waals surface area contributed by atoms with Crippen LogP contribution in [0.2, 0.25) is 5.15 Å². The normalized spacial score (nSPS) is 10.8. The van der Waals surface area contributed by atoms with E-state index in [1.807, 2.05) is 62.6 Å². The highest BCUT2D eigenvalue weighted by Crippen LogP contribution is 2.25. The molecule has 0 N–H and O–H groups in total. The Labute approximate surface area is 167 Å². The van der Waals surface area contributed by atoms with Crippen molar-refractivity contribution in [3.05, 3.63) is 64.3 Å². The van der Waals surface area contributed by atoms with E-state index in [0.717, 1.165) is 26.9 Å². The van der Waals surface area contributed by atoms with Crippen LogP contribution in [0.5, 0.6) is 5.75 Å². The van der Waals surface area contributed by atoms with Crippen molar-refractivity contribution in [2.75, 3.05) is 12.9 Å². The highest BCUT2D eigenvalue weighted by molar-refractivity contribution is 7.98. The van der Waals surface area contributed by atoms with Crippen LogP contribution in [-0.4, -0.2) is 23.8 Å². The Kier molecular flexibility index (Phi) is 6.24. The Hall–Kier alpha value is -2.24. The molecule has 0 saturated heterocycles. The molecule has 4 nitrogen and oxygen atoms in total. The molecule has 0 aliphatic carbocycles. The summed E-state index contributed by atoms with van der Waals surface area (Å²) >= 11 is 7.90. The lowest BCUT2D eigenvalue weighted by molar-refractivity contribution is -0.147. The van der Waals surface area contributed by atoms with Crippen molar-refractivity contribution in [3.63, 3.8) is 0 Å². The molecule has 1 aromatic heterocycles. The van der Waals surface area contributed by atoms with Crippen molar-refractivity contribution >= 4 is 40.2 Å². The van der Waals surface area contributed by atoms with E-state index in [2.05, 4.69) is 4.98 Å². The van der Waals surface area contributed by atoms with Crippen LogP contribution in [0.15, 0.2) is 47.4 Å². The molecule has 0 aliphatic rings. The standard InChI is InChI=1S/C21H20ClNO3S/c1-13-6-14(2)8-17(7-13)25-12-20(24)26-11-16-9-15-4-5-18(27-3)10-19(15)23-21(16)22/h4-10H,11-12H2,1-3H3. The van der Waals surface area contributed by atoms with Gasteiger partial charge in [0.25, 0.3) is 0 Å². The molecule has 0 atom stereocenters. The summed E-state index contributed by atoms with van der Waals surface area (Å²) < 4.78 is 10.8. The van der Waals surface area contributed by atoms with Gasteiger partial charge < -0.3 is 9.47 Å². The van der Waals surface area contributed by atoms with E-state index in [4.69, 9.17) is 21.1 Å². The lowest BCUT2D eigenvalue weighted by Crippen LogP contribution is -2.15. The fourth-order valence-corrected chi connectivity index (χ4v) is 3.39. The number of hydrogen-bond acceptors (Lipinski definition) is 5. The fraction of sp³-hybridized carbons (Fsp3) is 0.238. The molecule has 0 fully saturated rings. The number of nitrogens with zero attached hydrogens (tertiary/aromatic N) is 1. The van der Waals surface area contributed by atoms with Gasteiger partial charge in [0, 0.05) is 15.8 Å². The number of aryl methyl sites for hydroxylation is 2. The van der Waals surface area contributed by atoms with Gasteiger partial charge in [0.05, 0.1) is 5.52 Å². The number of pyridine rings is 1. The van der Waals surface area contributed by atoms with Crippen molar-refractivity contribution in [3.8, 4) is 5.75 Å². The lowest BCUT2D eigenvalue weighted by Gasteiger charge is -2.10. The molecular formula is C21H20ClNO3S. The number of aromatic nitrogens is 1. The number of carbonyl (C=O) groups is 1. The van der Waals surface area contributed by atoms with E-state index in [1.165, 1.54) is 0 Å². The quantitative estimate of drug-likeness (QED) is 0.316. The minimum Gasteiger partial charge on any atom is -0.482 e. The average Bonchev–Trinajstić information content (AvgIpc) is 2.63. The molecule has 1 heterocycles. The van der Waals surface area contributed by atoms with Crippen LogP contribution in [0, 0.1) is 13.8 Å². The van der Waals surface area contributed by atoms with Gasteiger partial charge in [0.1, 0.15) is 17.5 Å². The van der Waals surface area contributed by atoms with E-state index in [-0.39, 0.29) is 13.2 Å². The molecule has 2 aromatic carbocycles. The first-order valence-electron chi connectivity index (χ1n) is 8.44. The summed E-state index contributed by atoms with van der Waals surface area (Å²) in [7, 11) is 0. The molecule has 3 aromatic rings. The number of esters is 1. The fourth-order valence-electron chi connectivity index (χ4n) is 2.75. The molecule has 0 bridgehead atoms. The minimum absolute atomic E-state index is 0.0566. The molecule has 0 aliphatic heterocycles. The first-order chi connectivity index (χ1) is 12.9. The van der Waals surface area contributed by atoms with Gasteiger partial charge in [-0.05, 0) is 61.6 Å². The molecular weight excluding hydrogens is 382 g/mol. The van der Waals surface area contributed by atoms with Crippen molar-refractivity contribution in [1.29, 1.82) is 0 Å². The minimum atomic E-state index is -0.456. The zero-order valence-corrected chi connectivity index (χ0v) is 17.0. The predicted octanol–water partition coefficient (Wildman–Crippen LogP) is 5.35. The largest absolute Gasteiger partial charge is 0.482 e. The monoisotopic (exact) mass is 401 g/mol. The second kappa shape index (κ2) is 8.63. The third-order valence-electron chi connectivity index (χ3n) is 3.99. The van der Waals surface area contributed by atoms with E-state index in [9.17, 15) is 4.79 Å². The van der Waals surface area contributed by atoms with Crippen LogP contribution in [0.4, 0.5) is 0 Å². The first kappa shape index (κ1) is 19.5. The summed E-state index contributed by atoms with van der Waals surface area (Å²) in [5, 5.41) is 1.29. The summed E-state index contributed by atoms with van der Waals surface area (Å²) in [5.41, 5.74) is 3.65. The van der Waals surface area contributed by atoms with E-state index >= 15 is 0 Å². The van der Waals surface area contributed by atoms with E-state index < -0.39 is 5.97 Å². The maximum Gasteiger partial charge on any atom is 0.344 e.